The molecular weight excluding hydrogens is 318 g/mol. The fourth-order valence-corrected chi connectivity index (χ4v) is 2.85. The molecule has 3 heterocycles. The van der Waals surface area contributed by atoms with Gasteiger partial charge in [0.1, 0.15) is 18.4 Å². The maximum absolute atomic E-state index is 5.48. The molecule has 3 rings (SSSR count). The van der Waals surface area contributed by atoms with Crippen molar-refractivity contribution in [1.82, 2.24) is 19.9 Å². The van der Waals surface area contributed by atoms with E-state index in [1.165, 1.54) is 0 Å². The molecule has 0 unspecified atom stereocenters. The van der Waals surface area contributed by atoms with Gasteiger partial charge in [0, 0.05) is 44.1 Å². The second kappa shape index (κ2) is 8.40. The van der Waals surface area contributed by atoms with E-state index in [-0.39, 0.29) is 0 Å². The Bertz CT molecular complexity index is 667. The highest BCUT2D eigenvalue weighted by atomic mass is 16.5. The Hall–Kier alpha value is -1.99. The molecular formula is C18H27N5O2. The lowest BCUT2D eigenvalue weighted by Crippen LogP contribution is -2.25. The van der Waals surface area contributed by atoms with Gasteiger partial charge < -0.3 is 14.5 Å². The van der Waals surface area contributed by atoms with E-state index in [0.717, 1.165) is 62.4 Å². The van der Waals surface area contributed by atoms with Gasteiger partial charge >= 0.3 is 0 Å². The summed E-state index contributed by atoms with van der Waals surface area (Å²) in [5.41, 5.74) is 2.03. The number of anilines is 1. The first-order valence-electron chi connectivity index (χ1n) is 8.88. The van der Waals surface area contributed by atoms with Gasteiger partial charge in [-0.3, -0.25) is 4.90 Å². The molecule has 7 nitrogen and oxygen atoms in total. The van der Waals surface area contributed by atoms with Crippen LogP contribution >= 0.6 is 0 Å². The van der Waals surface area contributed by atoms with Crippen molar-refractivity contribution in [2.24, 2.45) is 0 Å². The molecule has 1 aliphatic rings. The Labute approximate surface area is 148 Å². The van der Waals surface area contributed by atoms with Crippen LogP contribution in [0.15, 0.2) is 23.1 Å². The smallest absolute Gasteiger partial charge is 0.196 e. The summed E-state index contributed by atoms with van der Waals surface area (Å²) in [6, 6.07) is 2.03. The Morgan fingerprint density at radius 3 is 2.96 bits per heavy atom. The summed E-state index contributed by atoms with van der Waals surface area (Å²) in [6.45, 7) is 8.21. The van der Waals surface area contributed by atoms with Crippen LogP contribution in [0.5, 0.6) is 0 Å². The van der Waals surface area contributed by atoms with E-state index >= 15 is 0 Å². The van der Waals surface area contributed by atoms with Crippen LogP contribution < -0.4 is 5.32 Å². The van der Waals surface area contributed by atoms with Crippen molar-refractivity contribution in [2.45, 2.75) is 38.6 Å². The van der Waals surface area contributed by atoms with Crippen LogP contribution in [0.2, 0.25) is 0 Å². The van der Waals surface area contributed by atoms with Crippen molar-refractivity contribution >= 4 is 5.82 Å². The summed E-state index contributed by atoms with van der Waals surface area (Å²) >= 11 is 0. The zero-order chi connectivity index (χ0) is 17.6. The minimum absolute atomic E-state index is 0.318. The standard InChI is InChI=1S/C18H27N5O2/c1-13(2)18-22-15(11-25-18)9-23(3)6-5-19-17-8-16(20-12-21-17)14-4-7-24-10-14/h8,11-14H,4-7,9-10H2,1-3H3,(H,19,20,21)/t14-/m1/s1. The Morgan fingerprint density at radius 1 is 1.36 bits per heavy atom. The molecule has 1 N–H and O–H groups in total. The molecule has 136 valence electrons. The van der Waals surface area contributed by atoms with E-state index in [2.05, 4.69) is 46.1 Å². The summed E-state index contributed by atoms with van der Waals surface area (Å²) < 4.78 is 10.9. The predicted molar refractivity (Wildman–Crippen MR) is 95.6 cm³/mol. The van der Waals surface area contributed by atoms with Crippen LogP contribution in [0.1, 0.15) is 49.4 Å². The zero-order valence-corrected chi connectivity index (χ0v) is 15.2. The third-order valence-corrected chi connectivity index (χ3v) is 4.33. The molecule has 2 aromatic rings. The van der Waals surface area contributed by atoms with Crippen LogP contribution in [0, 0.1) is 0 Å². The zero-order valence-electron chi connectivity index (χ0n) is 15.2. The SMILES string of the molecule is CC(C)c1nc(CN(C)CCNc2cc([C@@H]3CCOC3)ncn2)co1. The van der Waals surface area contributed by atoms with Crippen LogP contribution in [0.25, 0.3) is 0 Å². The van der Waals surface area contributed by atoms with Crippen molar-refractivity contribution < 1.29 is 9.15 Å². The molecule has 2 aromatic heterocycles. The molecule has 1 fully saturated rings. The second-order valence-corrected chi connectivity index (χ2v) is 6.88. The van der Waals surface area contributed by atoms with E-state index in [9.17, 15) is 0 Å². The normalized spacial score (nSPS) is 17.6. The van der Waals surface area contributed by atoms with E-state index in [4.69, 9.17) is 9.15 Å². The van der Waals surface area contributed by atoms with Gasteiger partial charge in [0.25, 0.3) is 0 Å². The largest absolute Gasteiger partial charge is 0.448 e. The summed E-state index contributed by atoms with van der Waals surface area (Å²) in [5.74, 6) is 2.38. The highest BCUT2D eigenvalue weighted by molar-refractivity contribution is 5.36. The quantitative estimate of drug-likeness (QED) is 0.788. The van der Waals surface area contributed by atoms with Crippen molar-refractivity contribution in [3.05, 3.63) is 35.9 Å². The number of hydrogen-bond donors (Lipinski definition) is 1. The maximum atomic E-state index is 5.48. The monoisotopic (exact) mass is 345 g/mol. The molecule has 1 atom stereocenters. The number of likely N-dealkylation sites (N-methyl/N-ethyl adjacent to an activating group) is 1. The highest BCUT2D eigenvalue weighted by Crippen LogP contribution is 2.24. The molecule has 0 amide bonds. The average Bonchev–Trinajstić information content (AvgIpc) is 3.27. The van der Waals surface area contributed by atoms with Crippen molar-refractivity contribution in [1.29, 1.82) is 0 Å². The minimum Gasteiger partial charge on any atom is -0.448 e. The molecule has 0 aliphatic carbocycles. The van der Waals surface area contributed by atoms with Crippen LogP contribution in [-0.2, 0) is 11.3 Å². The number of oxazole rings is 1. The molecule has 0 spiro atoms. The third kappa shape index (κ3) is 4.99. The molecule has 0 aromatic carbocycles. The molecule has 0 radical (unpaired) electrons. The molecule has 0 bridgehead atoms. The van der Waals surface area contributed by atoms with E-state index in [0.29, 0.717) is 11.8 Å². The number of aromatic nitrogens is 3. The van der Waals surface area contributed by atoms with Gasteiger partial charge in [-0.1, -0.05) is 13.8 Å². The maximum Gasteiger partial charge on any atom is 0.196 e. The van der Waals surface area contributed by atoms with E-state index < -0.39 is 0 Å². The average molecular weight is 345 g/mol. The van der Waals surface area contributed by atoms with E-state index in [1.807, 2.05) is 6.07 Å². The number of nitrogens with one attached hydrogen (secondary N) is 1. The van der Waals surface area contributed by atoms with Crippen molar-refractivity contribution in [3.8, 4) is 0 Å². The first-order valence-corrected chi connectivity index (χ1v) is 8.88. The molecule has 7 heteroatoms. The first-order chi connectivity index (χ1) is 12.1. The van der Waals surface area contributed by atoms with Crippen LogP contribution in [0.3, 0.4) is 0 Å². The van der Waals surface area contributed by atoms with Gasteiger partial charge in [-0.25, -0.2) is 15.0 Å². The summed E-state index contributed by atoms with van der Waals surface area (Å²) in [6.07, 6.45) is 4.41. The highest BCUT2D eigenvalue weighted by Gasteiger charge is 2.19. The molecule has 0 saturated carbocycles. The molecule has 1 saturated heterocycles. The number of hydrogen-bond acceptors (Lipinski definition) is 7. The Balaban J connectivity index is 1.44. The van der Waals surface area contributed by atoms with Gasteiger partial charge in [0.05, 0.1) is 18.0 Å². The summed E-state index contributed by atoms with van der Waals surface area (Å²) in [4.78, 5) is 15.4. The Morgan fingerprint density at radius 2 is 2.24 bits per heavy atom. The van der Waals surface area contributed by atoms with Gasteiger partial charge in [-0.15, -0.1) is 0 Å². The van der Waals surface area contributed by atoms with E-state index in [1.54, 1.807) is 12.6 Å². The number of ether oxygens (including phenoxy) is 1. The van der Waals surface area contributed by atoms with Gasteiger partial charge in [0.15, 0.2) is 5.89 Å². The predicted octanol–water partition coefficient (Wildman–Crippen LogP) is 2.64. The number of rotatable bonds is 8. The summed E-state index contributed by atoms with van der Waals surface area (Å²) in [7, 11) is 2.08. The lowest BCUT2D eigenvalue weighted by Gasteiger charge is -2.16. The van der Waals surface area contributed by atoms with Crippen LogP contribution in [0.4, 0.5) is 5.82 Å². The van der Waals surface area contributed by atoms with Crippen LogP contribution in [-0.4, -0.2) is 53.2 Å². The first kappa shape index (κ1) is 17.8. The minimum atomic E-state index is 0.318. The number of nitrogens with zero attached hydrogens (tertiary/aromatic N) is 4. The van der Waals surface area contributed by atoms with Gasteiger partial charge in [-0.05, 0) is 13.5 Å². The van der Waals surface area contributed by atoms with Crippen molar-refractivity contribution in [2.75, 3.05) is 38.7 Å². The topological polar surface area (TPSA) is 76.3 Å². The third-order valence-electron chi connectivity index (χ3n) is 4.33. The lowest BCUT2D eigenvalue weighted by atomic mass is 10.1. The lowest BCUT2D eigenvalue weighted by molar-refractivity contribution is 0.193. The molecule has 1 aliphatic heterocycles. The Kier molecular flexibility index (Phi) is 5.99. The second-order valence-electron chi connectivity index (χ2n) is 6.88. The fraction of sp³-hybridized carbons (Fsp3) is 0.611. The van der Waals surface area contributed by atoms with Crippen molar-refractivity contribution in [3.63, 3.8) is 0 Å². The van der Waals surface area contributed by atoms with Gasteiger partial charge in [-0.2, -0.15) is 0 Å². The summed E-state index contributed by atoms with van der Waals surface area (Å²) in [5, 5.41) is 3.37. The fourth-order valence-electron chi connectivity index (χ4n) is 2.85. The molecule has 25 heavy (non-hydrogen) atoms. The van der Waals surface area contributed by atoms with Gasteiger partial charge in [0.2, 0.25) is 0 Å².